The number of benzene rings is 1. The van der Waals surface area contributed by atoms with E-state index in [2.05, 4.69) is 22.1 Å². The van der Waals surface area contributed by atoms with Crippen LogP contribution in [0, 0.1) is 0 Å². The van der Waals surface area contributed by atoms with Crippen LogP contribution in [0.4, 0.5) is 6.01 Å². The average molecular weight is 245 g/mol. The molecule has 1 aromatic heterocycles. The summed E-state index contributed by atoms with van der Waals surface area (Å²) in [6.07, 6.45) is 2.65. The molecule has 2 heterocycles. The second kappa shape index (κ2) is 4.98. The van der Waals surface area contributed by atoms with Crippen LogP contribution < -0.4 is 5.32 Å². The van der Waals surface area contributed by atoms with Crippen LogP contribution in [0.1, 0.15) is 19.8 Å². The van der Waals surface area contributed by atoms with Crippen molar-refractivity contribution >= 4 is 17.1 Å². The van der Waals surface area contributed by atoms with Crippen molar-refractivity contribution in [1.82, 2.24) is 9.88 Å². The molecule has 0 radical (unpaired) electrons. The fourth-order valence-electron chi connectivity index (χ4n) is 2.49. The topological polar surface area (TPSA) is 41.3 Å². The van der Waals surface area contributed by atoms with Crippen LogP contribution in [0.5, 0.6) is 0 Å². The highest BCUT2D eigenvalue weighted by Crippen LogP contribution is 2.18. The minimum atomic E-state index is 0.530. The Morgan fingerprint density at radius 2 is 2.11 bits per heavy atom. The molecule has 1 saturated heterocycles. The van der Waals surface area contributed by atoms with Crippen molar-refractivity contribution in [3.05, 3.63) is 24.3 Å². The first-order valence-electron chi connectivity index (χ1n) is 6.66. The lowest BCUT2D eigenvalue weighted by Gasteiger charge is -2.23. The second-order valence-corrected chi connectivity index (χ2v) is 4.96. The van der Waals surface area contributed by atoms with E-state index in [0.717, 1.165) is 17.6 Å². The molecule has 0 aliphatic carbocycles. The first kappa shape index (κ1) is 11.5. The van der Waals surface area contributed by atoms with Crippen LogP contribution in [-0.4, -0.2) is 35.6 Å². The van der Waals surface area contributed by atoms with Gasteiger partial charge in [-0.15, -0.1) is 0 Å². The summed E-state index contributed by atoms with van der Waals surface area (Å²) < 4.78 is 5.64. The van der Waals surface area contributed by atoms with Crippen LogP contribution in [0.3, 0.4) is 0 Å². The third-order valence-corrected chi connectivity index (χ3v) is 3.61. The number of aromatic nitrogens is 1. The van der Waals surface area contributed by atoms with Crippen molar-refractivity contribution in [3.63, 3.8) is 0 Å². The zero-order valence-electron chi connectivity index (χ0n) is 10.7. The zero-order chi connectivity index (χ0) is 12.4. The highest BCUT2D eigenvalue weighted by atomic mass is 16.4. The van der Waals surface area contributed by atoms with Gasteiger partial charge in [-0.2, -0.15) is 4.98 Å². The summed E-state index contributed by atoms with van der Waals surface area (Å²) in [7, 11) is 0. The van der Waals surface area contributed by atoms with Crippen LogP contribution in [0.25, 0.3) is 11.1 Å². The van der Waals surface area contributed by atoms with Crippen molar-refractivity contribution in [3.8, 4) is 0 Å². The maximum atomic E-state index is 5.64. The van der Waals surface area contributed by atoms with Crippen LogP contribution in [-0.2, 0) is 0 Å². The molecule has 18 heavy (non-hydrogen) atoms. The van der Waals surface area contributed by atoms with Gasteiger partial charge in [0.1, 0.15) is 5.52 Å². The standard InChI is InChI=1S/C14H19N3O/c1-11(17-8-4-5-9-17)10-15-14-16-12-6-2-3-7-13(12)18-14/h2-3,6-7,11H,4-5,8-10H2,1H3,(H,15,16). The highest BCUT2D eigenvalue weighted by molar-refractivity contribution is 5.74. The van der Waals surface area contributed by atoms with Crippen molar-refractivity contribution in [2.45, 2.75) is 25.8 Å². The summed E-state index contributed by atoms with van der Waals surface area (Å²) in [6, 6.07) is 9.00. The van der Waals surface area contributed by atoms with E-state index in [9.17, 15) is 0 Å². The number of anilines is 1. The van der Waals surface area contributed by atoms with Gasteiger partial charge in [0.25, 0.3) is 6.01 Å². The Labute approximate surface area is 107 Å². The first-order valence-corrected chi connectivity index (χ1v) is 6.66. The van der Waals surface area contributed by atoms with E-state index in [0.29, 0.717) is 12.1 Å². The average Bonchev–Trinajstić information content (AvgIpc) is 3.04. The molecule has 96 valence electrons. The largest absolute Gasteiger partial charge is 0.424 e. The molecule has 0 amide bonds. The van der Waals surface area contributed by atoms with Gasteiger partial charge in [0.15, 0.2) is 5.58 Å². The third kappa shape index (κ3) is 2.34. The number of hydrogen-bond donors (Lipinski definition) is 1. The van der Waals surface area contributed by atoms with E-state index in [-0.39, 0.29) is 0 Å². The first-order chi connectivity index (χ1) is 8.83. The molecular weight excluding hydrogens is 226 g/mol. The summed E-state index contributed by atoms with van der Waals surface area (Å²) in [6.45, 7) is 5.57. The lowest BCUT2D eigenvalue weighted by molar-refractivity contribution is 0.268. The number of oxazole rings is 1. The Balaban J connectivity index is 1.62. The molecule has 1 aliphatic rings. The van der Waals surface area contributed by atoms with Gasteiger partial charge in [-0.25, -0.2) is 0 Å². The maximum absolute atomic E-state index is 5.64. The summed E-state index contributed by atoms with van der Waals surface area (Å²) in [5, 5.41) is 3.29. The number of nitrogens with zero attached hydrogens (tertiary/aromatic N) is 2. The molecule has 4 heteroatoms. The monoisotopic (exact) mass is 245 g/mol. The minimum absolute atomic E-state index is 0.530. The predicted molar refractivity (Wildman–Crippen MR) is 72.8 cm³/mol. The quantitative estimate of drug-likeness (QED) is 0.899. The third-order valence-electron chi connectivity index (χ3n) is 3.61. The van der Waals surface area contributed by atoms with Gasteiger partial charge in [-0.05, 0) is 45.0 Å². The molecule has 0 bridgehead atoms. The van der Waals surface area contributed by atoms with Gasteiger partial charge in [0.05, 0.1) is 0 Å². The predicted octanol–water partition coefficient (Wildman–Crippen LogP) is 2.72. The minimum Gasteiger partial charge on any atom is -0.424 e. The molecule has 4 nitrogen and oxygen atoms in total. The van der Waals surface area contributed by atoms with Crippen LogP contribution in [0.2, 0.25) is 0 Å². The van der Waals surface area contributed by atoms with Gasteiger partial charge >= 0.3 is 0 Å². The van der Waals surface area contributed by atoms with E-state index in [1.54, 1.807) is 0 Å². The normalized spacial score (nSPS) is 18.3. The molecule has 0 saturated carbocycles. The Hall–Kier alpha value is -1.55. The molecule has 1 N–H and O–H groups in total. The fourth-order valence-corrected chi connectivity index (χ4v) is 2.49. The fraction of sp³-hybridized carbons (Fsp3) is 0.500. The summed E-state index contributed by atoms with van der Waals surface area (Å²) in [5.41, 5.74) is 1.75. The van der Waals surface area contributed by atoms with E-state index in [1.165, 1.54) is 25.9 Å². The molecule has 1 unspecified atom stereocenters. The van der Waals surface area contributed by atoms with Crippen LogP contribution in [0.15, 0.2) is 28.7 Å². The summed E-state index contributed by atoms with van der Waals surface area (Å²) in [4.78, 5) is 6.92. The molecule has 0 spiro atoms. The lowest BCUT2D eigenvalue weighted by atomic mass is 10.3. The van der Waals surface area contributed by atoms with Crippen molar-refractivity contribution in [1.29, 1.82) is 0 Å². The molecule has 2 aromatic rings. The molecule has 1 aromatic carbocycles. The van der Waals surface area contributed by atoms with Gasteiger partial charge < -0.3 is 9.73 Å². The summed E-state index contributed by atoms with van der Waals surface area (Å²) >= 11 is 0. The van der Waals surface area contributed by atoms with Gasteiger partial charge in [-0.3, -0.25) is 4.90 Å². The molecule has 3 rings (SSSR count). The number of likely N-dealkylation sites (tertiary alicyclic amines) is 1. The second-order valence-electron chi connectivity index (χ2n) is 4.96. The zero-order valence-corrected chi connectivity index (χ0v) is 10.7. The molecule has 1 aliphatic heterocycles. The number of hydrogen-bond acceptors (Lipinski definition) is 4. The van der Waals surface area contributed by atoms with Gasteiger partial charge in [0, 0.05) is 12.6 Å². The van der Waals surface area contributed by atoms with E-state index < -0.39 is 0 Å². The SMILES string of the molecule is CC(CNc1nc2ccccc2o1)N1CCCC1. The van der Waals surface area contributed by atoms with E-state index >= 15 is 0 Å². The van der Waals surface area contributed by atoms with Crippen LogP contribution >= 0.6 is 0 Å². The smallest absolute Gasteiger partial charge is 0.295 e. The maximum Gasteiger partial charge on any atom is 0.295 e. The molecule has 1 fully saturated rings. The number of fused-ring (bicyclic) bond motifs is 1. The van der Waals surface area contributed by atoms with E-state index in [1.807, 2.05) is 24.3 Å². The Kier molecular flexibility index (Phi) is 3.19. The Bertz CT molecular complexity index is 483. The lowest BCUT2D eigenvalue weighted by Crippen LogP contribution is -2.35. The Morgan fingerprint density at radius 3 is 2.89 bits per heavy atom. The molecule has 1 atom stereocenters. The van der Waals surface area contributed by atoms with Crippen molar-refractivity contribution < 1.29 is 4.42 Å². The number of nitrogens with one attached hydrogen (secondary N) is 1. The number of rotatable bonds is 4. The van der Waals surface area contributed by atoms with Crippen molar-refractivity contribution in [2.24, 2.45) is 0 Å². The molecular formula is C14H19N3O. The highest BCUT2D eigenvalue weighted by Gasteiger charge is 2.18. The van der Waals surface area contributed by atoms with Gasteiger partial charge in [-0.1, -0.05) is 12.1 Å². The Morgan fingerprint density at radius 1 is 1.33 bits per heavy atom. The van der Waals surface area contributed by atoms with Crippen molar-refractivity contribution in [2.75, 3.05) is 25.0 Å². The summed E-state index contributed by atoms with van der Waals surface area (Å²) in [5.74, 6) is 0. The van der Waals surface area contributed by atoms with E-state index in [4.69, 9.17) is 4.42 Å². The van der Waals surface area contributed by atoms with Gasteiger partial charge in [0.2, 0.25) is 0 Å². The number of para-hydroxylation sites is 2.